The van der Waals surface area contributed by atoms with Gasteiger partial charge in [0.2, 0.25) is 0 Å². The molecule has 0 aliphatic heterocycles. The molecule has 3 nitrogen and oxygen atoms in total. The Balaban J connectivity index is 2.82. The summed E-state index contributed by atoms with van der Waals surface area (Å²) in [5.74, 6) is 0.808. The number of rotatable bonds is 5. The second-order valence-corrected chi connectivity index (χ2v) is 4.20. The zero-order valence-corrected chi connectivity index (χ0v) is 10.6. The first-order valence-electron chi connectivity index (χ1n) is 5.19. The Kier molecular flexibility index (Phi) is 5.06. The smallest absolute Gasteiger partial charge is 0.122 e. The third-order valence-corrected chi connectivity index (χ3v) is 2.91. The fraction of sp³-hybridized carbons (Fsp3) is 0.500. The summed E-state index contributed by atoms with van der Waals surface area (Å²) in [7, 11) is 3.29. The van der Waals surface area contributed by atoms with E-state index in [-0.39, 0.29) is 12.1 Å². The zero-order valence-electron chi connectivity index (χ0n) is 9.87. The molecule has 1 aromatic rings. The predicted octanol–water partition coefficient (Wildman–Crippen LogP) is 2.25. The lowest BCUT2D eigenvalue weighted by Gasteiger charge is -2.19. The molecule has 90 valence electrons. The normalized spacial score (nSPS) is 14.6. The van der Waals surface area contributed by atoms with Gasteiger partial charge in [-0.2, -0.15) is 0 Å². The van der Waals surface area contributed by atoms with Crippen molar-refractivity contribution in [1.29, 1.82) is 0 Å². The van der Waals surface area contributed by atoms with E-state index in [4.69, 9.17) is 26.8 Å². The summed E-state index contributed by atoms with van der Waals surface area (Å²) in [6, 6.07) is 5.46. The minimum absolute atomic E-state index is 0.00341. The minimum atomic E-state index is -0.0719. The Morgan fingerprint density at radius 3 is 2.62 bits per heavy atom. The van der Waals surface area contributed by atoms with Crippen LogP contribution in [0.1, 0.15) is 12.5 Å². The van der Waals surface area contributed by atoms with E-state index in [1.165, 1.54) is 0 Å². The fourth-order valence-electron chi connectivity index (χ4n) is 1.50. The van der Waals surface area contributed by atoms with Gasteiger partial charge in [-0.15, -0.1) is 0 Å². The van der Waals surface area contributed by atoms with Crippen LogP contribution in [0.2, 0.25) is 5.02 Å². The van der Waals surface area contributed by atoms with Gasteiger partial charge in [0.25, 0.3) is 0 Å². The Hall–Kier alpha value is -0.770. The van der Waals surface area contributed by atoms with Crippen LogP contribution in [-0.2, 0) is 11.2 Å². The highest BCUT2D eigenvalue weighted by Crippen LogP contribution is 2.24. The molecule has 0 bridgehead atoms. The average Bonchev–Trinajstić information content (AvgIpc) is 2.28. The molecule has 0 amide bonds. The molecular weight excluding hydrogens is 226 g/mol. The topological polar surface area (TPSA) is 44.5 Å². The number of methoxy groups -OCH3 is 2. The molecule has 16 heavy (non-hydrogen) atoms. The van der Waals surface area contributed by atoms with E-state index in [0.717, 1.165) is 11.3 Å². The van der Waals surface area contributed by atoms with Gasteiger partial charge < -0.3 is 15.2 Å². The van der Waals surface area contributed by atoms with Crippen molar-refractivity contribution < 1.29 is 9.47 Å². The highest BCUT2D eigenvalue weighted by molar-refractivity contribution is 6.30. The summed E-state index contributed by atoms with van der Waals surface area (Å²) in [6.07, 6.45) is 0.683. The van der Waals surface area contributed by atoms with Crippen LogP contribution in [0, 0.1) is 0 Å². The van der Waals surface area contributed by atoms with E-state index in [0.29, 0.717) is 11.4 Å². The molecule has 1 rings (SSSR count). The van der Waals surface area contributed by atoms with Crippen LogP contribution in [0.4, 0.5) is 0 Å². The summed E-state index contributed by atoms with van der Waals surface area (Å²) >= 11 is 5.94. The highest BCUT2D eigenvalue weighted by atomic mass is 35.5. The third kappa shape index (κ3) is 3.37. The summed E-state index contributed by atoms with van der Waals surface area (Å²) in [4.78, 5) is 0. The van der Waals surface area contributed by atoms with Crippen molar-refractivity contribution in [3.8, 4) is 5.75 Å². The van der Waals surface area contributed by atoms with Crippen molar-refractivity contribution in [3.05, 3.63) is 28.8 Å². The van der Waals surface area contributed by atoms with Crippen molar-refractivity contribution in [3.63, 3.8) is 0 Å². The van der Waals surface area contributed by atoms with Crippen molar-refractivity contribution >= 4 is 11.6 Å². The summed E-state index contributed by atoms with van der Waals surface area (Å²) in [6.45, 7) is 1.95. The van der Waals surface area contributed by atoms with Crippen LogP contribution in [0.3, 0.4) is 0 Å². The molecule has 0 aromatic heterocycles. The second kappa shape index (κ2) is 6.09. The lowest BCUT2D eigenvalue weighted by Crippen LogP contribution is -2.35. The first kappa shape index (κ1) is 13.3. The molecule has 0 saturated carbocycles. The van der Waals surface area contributed by atoms with Crippen LogP contribution >= 0.6 is 11.6 Å². The number of halogens is 1. The van der Waals surface area contributed by atoms with Gasteiger partial charge in [-0.3, -0.25) is 0 Å². The molecule has 2 atom stereocenters. The number of hydrogen-bond donors (Lipinski definition) is 1. The van der Waals surface area contributed by atoms with Gasteiger partial charge in [-0.05, 0) is 37.1 Å². The average molecular weight is 244 g/mol. The van der Waals surface area contributed by atoms with E-state index in [2.05, 4.69) is 0 Å². The number of hydrogen-bond acceptors (Lipinski definition) is 3. The van der Waals surface area contributed by atoms with Gasteiger partial charge >= 0.3 is 0 Å². The van der Waals surface area contributed by atoms with Crippen molar-refractivity contribution in [2.75, 3.05) is 14.2 Å². The molecule has 2 N–H and O–H groups in total. The molecule has 0 spiro atoms. The van der Waals surface area contributed by atoms with Gasteiger partial charge in [0.05, 0.1) is 13.2 Å². The van der Waals surface area contributed by atoms with E-state index < -0.39 is 0 Å². The van der Waals surface area contributed by atoms with E-state index in [1.54, 1.807) is 20.3 Å². The third-order valence-electron chi connectivity index (χ3n) is 2.67. The maximum absolute atomic E-state index is 6.01. The van der Waals surface area contributed by atoms with E-state index >= 15 is 0 Å². The van der Waals surface area contributed by atoms with E-state index in [1.807, 2.05) is 19.1 Å². The van der Waals surface area contributed by atoms with Crippen LogP contribution in [0.25, 0.3) is 0 Å². The Labute approximate surface area is 101 Å². The van der Waals surface area contributed by atoms with Crippen LogP contribution in [0.5, 0.6) is 5.75 Å². The van der Waals surface area contributed by atoms with Crippen LogP contribution in [-0.4, -0.2) is 26.4 Å². The highest BCUT2D eigenvalue weighted by Gasteiger charge is 2.15. The SMILES string of the molecule is COc1ccc(Cl)cc1CC(N)C(C)OC. The zero-order chi connectivity index (χ0) is 12.1. The molecule has 1 aromatic carbocycles. The minimum Gasteiger partial charge on any atom is -0.496 e. The van der Waals surface area contributed by atoms with Crippen molar-refractivity contribution in [1.82, 2.24) is 0 Å². The largest absolute Gasteiger partial charge is 0.496 e. The molecule has 2 unspecified atom stereocenters. The Bertz CT molecular complexity index is 344. The molecule has 0 aliphatic carbocycles. The molecule has 0 saturated heterocycles. The molecule has 0 heterocycles. The van der Waals surface area contributed by atoms with Gasteiger partial charge in [0.15, 0.2) is 0 Å². The molecular formula is C12H18ClNO2. The van der Waals surface area contributed by atoms with E-state index in [9.17, 15) is 0 Å². The second-order valence-electron chi connectivity index (χ2n) is 3.76. The Morgan fingerprint density at radius 2 is 2.06 bits per heavy atom. The van der Waals surface area contributed by atoms with Gasteiger partial charge in [0.1, 0.15) is 5.75 Å². The lowest BCUT2D eigenvalue weighted by atomic mass is 10.0. The van der Waals surface area contributed by atoms with Crippen molar-refractivity contribution in [2.45, 2.75) is 25.5 Å². The fourth-order valence-corrected chi connectivity index (χ4v) is 1.70. The lowest BCUT2D eigenvalue weighted by molar-refractivity contribution is 0.0954. The Morgan fingerprint density at radius 1 is 1.38 bits per heavy atom. The maximum atomic E-state index is 6.01. The standard InChI is InChI=1S/C12H18ClNO2/c1-8(15-2)11(14)7-9-6-10(13)4-5-12(9)16-3/h4-6,8,11H,7,14H2,1-3H3. The molecule has 0 aliphatic rings. The van der Waals surface area contributed by atoms with Crippen LogP contribution in [0.15, 0.2) is 18.2 Å². The maximum Gasteiger partial charge on any atom is 0.122 e. The van der Waals surface area contributed by atoms with Crippen LogP contribution < -0.4 is 10.5 Å². The molecule has 0 fully saturated rings. The molecule has 4 heteroatoms. The number of benzene rings is 1. The van der Waals surface area contributed by atoms with Gasteiger partial charge in [-0.25, -0.2) is 0 Å². The first-order chi connectivity index (χ1) is 7.58. The molecule has 0 radical (unpaired) electrons. The van der Waals surface area contributed by atoms with Crippen molar-refractivity contribution in [2.24, 2.45) is 5.73 Å². The quantitative estimate of drug-likeness (QED) is 0.863. The summed E-state index contributed by atoms with van der Waals surface area (Å²) in [5.41, 5.74) is 7.02. The van der Waals surface area contributed by atoms with Gasteiger partial charge in [0, 0.05) is 18.2 Å². The summed E-state index contributed by atoms with van der Waals surface area (Å²) in [5, 5.41) is 0.688. The predicted molar refractivity (Wildman–Crippen MR) is 66.2 cm³/mol. The summed E-state index contributed by atoms with van der Waals surface area (Å²) < 4.78 is 10.4. The van der Waals surface area contributed by atoms with Gasteiger partial charge in [-0.1, -0.05) is 11.6 Å². The number of nitrogens with two attached hydrogens (primary N) is 1. The first-order valence-corrected chi connectivity index (χ1v) is 5.57. The monoisotopic (exact) mass is 243 g/mol. The number of ether oxygens (including phenoxy) is 2.